The zero-order chi connectivity index (χ0) is 17.4. The van der Waals surface area contributed by atoms with Crippen LogP contribution in [0.3, 0.4) is 0 Å². The van der Waals surface area contributed by atoms with Crippen LogP contribution in [0.5, 0.6) is 11.5 Å². The largest absolute Gasteiger partial charge is 1.00 e. The zero-order valence-corrected chi connectivity index (χ0v) is 18.8. The van der Waals surface area contributed by atoms with Gasteiger partial charge in [-0.25, -0.2) is 0 Å². The summed E-state index contributed by atoms with van der Waals surface area (Å²) in [7, 11) is 0. The molecule has 0 bridgehead atoms. The minimum absolute atomic E-state index is 0. The van der Waals surface area contributed by atoms with E-state index >= 15 is 0 Å². The average molecular weight is 444 g/mol. The molecule has 0 aliphatic rings. The van der Waals surface area contributed by atoms with Crippen molar-refractivity contribution in [3.63, 3.8) is 0 Å². The molecule has 0 aliphatic heterocycles. The fourth-order valence-electron chi connectivity index (χ4n) is 2.04. The molecule has 0 fully saturated rings. The van der Waals surface area contributed by atoms with Crippen LogP contribution in [0.4, 0.5) is 0 Å². The summed E-state index contributed by atoms with van der Waals surface area (Å²) >= 11 is 0. The van der Waals surface area contributed by atoms with Gasteiger partial charge in [-0.2, -0.15) is 0 Å². The molecule has 0 atom stereocenters. The summed E-state index contributed by atoms with van der Waals surface area (Å²) in [6.07, 6.45) is -0.114. The van der Waals surface area contributed by atoms with Crippen molar-refractivity contribution >= 4 is 11.9 Å². The first kappa shape index (κ1) is 31.1. The van der Waals surface area contributed by atoms with Gasteiger partial charge in [-0.1, -0.05) is 36.4 Å². The van der Waals surface area contributed by atoms with Gasteiger partial charge in [0.2, 0.25) is 0 Å². The molecule has 0 aliphatic carbocycles. The Morgan fingerprint density at radius 1 is 0.750 bits per heavy atom. The molecule has 0 unspecified atom stereocenters. The summed E-state index contributed by atoms with van der Waals surface area (Å²) in [5, 5.41) is 19.1. The van der Waals surface area contributed by atoms with Crippen LogP contribution in [-0.4, -0.2) is 35.4 Å². The van der Waals surface area contributed by atoms with Crippen LogP contribution in [0, 0.1) is 0 Å². The number of rotatable bonds is 7. The smallest absolute Gasteiger partial charge is 1.00 e. The van der Waals surface area contributed by atoms with Gasteiger partial charge < -0.3 is 33.4 Å². The molecule has 8 nitrogen and oxygen atoms in total. The fourth-order valence-corrected chi connectivity index (χ4v) is 2.04. The van der Waals surface area contributed by atoms with Gasteiger partial charge in [-0.15, -0.1) is 0 Å². The third kappa shape index (κ3) is 10.7. The third-order valence-corrected chi connectivity index (χ3v) is 3.26. The molecule has 2 aromatic carbocycles. The van der Waals surface area contributed by atoms with E-state index in [-0.39, 0.29) is 97.9 Å². The predicted molar refractivity (Wildman–Crippen MR) is 96.7 cm³/mol. The molecule has 0 amide bonds. The molecule has 0 heterocycles. The van der Waals surface area contributed by atoms with Crippen LogP contribution < -0.4 is 41.9 Å². The number of esters is 2. The first-order valence-corrected chi connectivity index (χ1v) is 7.41. The van der Waals surface area contributed by atoms with E-state index in [0.717, 1.165) is 0 Å². The van der Waals surface area contributed by atoms with Crippen molar-refractivity contribution in [2.45, 2.75) is 12.8 Å². The standard InChI is InChI=1S/C18H18O6.Fe.2H3N.Na.H/c19-15-7-3-1-5-13(15)11-17(21)23-9-10-24-18(22)12-14-6-2-4-8-16(14)20;;;;;/h1-8,19-20H,9-12H2;;2*1H3;;/q;;;;+1;-1. The van der Waals surface area contributed by atoms with Crippen molar-refractivity contribution in [2.24, 2.45) is 0 Å². The van der Waals surface area contributed by atoms with Gasteiger partial charge in [0.15, 0.2) is 0 Å². The van der Waals surface area contributed by atoms with E-state index in [0.29, 0.717) is 11.1 Å². The summed E-state index contributed by atoms with van der Waals surface area (Å²) in [5.41, 5.74) is 0.943. The first-order valence-electron chi connectivity index (χ1n) is 7.41. The van der Waals surface area contributed by atoms with Gasteiger partial charge in [0, 0.05) is 28.2 Å². The Balaban J connectivity index is -0.000000625. The Labute approximate surface area is 198 Å². The predicted octanol–water partition coefficient (Wildman–Crippen LogP) is -0.593. The molecule has 8 N–H and O–H groups in total. The summed E-state index contributed by atoms with van der Waals surface area (Å²) in [6.45, 7) is -0.141. The number of hydrogen-bond donors (Lipinski definition) is 4. The number of carbonyl (C=O) groups is 2. The van der Waals surface area contributed by atoms with E-state index in [1.807, 2.05) is 0 Å². The van der Waals surface area contributed by atoms with E-state index in [2.05, 4.69) is 0 Å². The molecule has 152 valence electrons. The van der Waals surface area contributed by atoms with Crippen LogP contribution in [0.15, 0.2) is 48.5 Å². The summed E-state index contributed by atoms with van der Waals surface area (Å²) in [6, 6.07) is 13.0. The molecule has 28 heavy (non-hydrogen) atoms. The number of aromatic hydroxyl groups is 2. The van der Waals surface area contributed by atoms with Crippen molar-refractivity contribution in [3.8, 4) is 11.5 Å². The summed E-state index contributed by atoms with van der Waals surface area (Å²) in [5.74, 6) is -0.978. The van der Waals surface area contributed by atoms with Crippen molar-refractivity contribution < 1.29 is 77.3 Å². The summed E-state index contributed by atoms with van der Waals surface area (Å²) < 4.78 is 9.90. The Bertz CT molecular complexity index is 678. The molecular formula is C18H25FeN2NaO6. The monoisotopic (exact) mass is 444 g/mol. The molecule has 0 aromatic heterocycles. The molecule has 2 rings (SSSR count). The molecule has 0 spiro atoms. The Kier molecular flexibility index (Phi) is 18.2. The van der Waals surface area contributed by atoms with Gasteiger partial charge >= 0.3 is 41.5 Å². The van der Waals surface area contributed by atoms with Gasteiger partial charge in [0.25, 0.3) is 0 Å². The third-order valence-electron chi connectivity index (χ3n) is 3.26. The SMILES string of the molecule is N.N.O=C(Cc1ccccc1O)OCCOC(=O)Cc1ccccc1O.[Fe].[H-].[Na+]. The number of hydrogen-bond acceptors (Lipinski definition) is 8. The topological polar surface area (TPSA) is 163 Å². The number of para-hydroxylation sites is 2. The first-order chi connectivity index (χ1) is 11.6. The molecular weight excluding hydrogens is 419 g/mol. The van der Waals surface area contributed by atoms with Crippen LogP contribution in [0.2, 0.25) is 0 Å². The van der Waals surface area contributed by atoms with Crippen molar-refractivity contribution in [2.75, 3.05) is 13.2 Å². The number of ether oxygens (including phenoxy) is 2. The normalized spacial score (nSPS) is 8.71. The van der Waals surface area contributed by atoms with E-state index in [1.165, 1.54) is 12.1 Å². The number of carbonyl (C=O) groups excluding carboxylic acids is 2. The number of phenols is 2. The fraction of sp³-hybridized carbons (Fsp3) is 0.222. The molecule has 0 radical (unpaired) electrons. The second kappa shape index (κ2) is 16.4. The van der Waals surface area contributed by atoms with Crippen molar-refractivity contribution in [1.82, 2.24) is 12.3 Å². The van der Waals surface area contributed by atoms with Gasteiger partial charge in [0.05, 0.1) is 12.8 Å². The second-order valence-electron chi connectivity index (χ2n) is 5.05. The van der Waals surface area contributed by atoms with Crippen LogP contribution in [-0.2, 0) is 49.0 Å². The zero-order valence-electron chi connectivity index (χ0n) is 16.7. The Morgan fingerprint density at radius 2 is 1.07 bits per heavy atom. The van der Waals surface area contributed by atoms with Gasteiger partial charge in [-0.05, 0) is 12.1 Å². The number of phenolic OH excluding ortho intramolecular Hbond substituents is 2. The molecule has 2 aromatic rings. The Morgan fingerprint density at radius 3 is 1.39 bits per heavy atom. The maximum Gasteiger partial charge on any atom is 1.00 e. The minimum atomic E-state index is -0.520. The Hall–Kier alpha value is -1.58. The maximum atomic E-state index is 11.6. The van der Waals surface area contributed by atoms with Gasteiger partial charge in [-0.3, -0.25) is 9.59 Å². The van der Waals surface area contributed by atoms with Crippen LogP contribution in [0.1, 0.15) is 12.6 Å². The maximum absolute atomic E-state index is 11.6. The second-order valence-corrected chi connectivity index (χ2v) is 5.05. The van der Waals surface area contributed by atoms with Crippen molar-refractivity contribution in [3.05, 3.63) is 59.7 Å². The molecule has 0 saturated heterocycles. The quantitative estimate of drug-likeness (QED) is 0.250. The van der Waals surface area contributed by atoms with E-state index in [9.17, 15) is 19.8 Å². The van der Waals surface area contributed by atoms with Crippen molar-refractivity contribution in [1.29, 1.82) is 0 Å². The van der Waals surface area contributed by atoms with E-state index < -0.39 is 11.9 Å². The average Bonchev–Trinajstić information content (AvgIpc) is 2.56. The molecule has 10 heteroatoms. The van der Waals surface area contributed by atoms with E-state index in [4.69, 9.17) is 9.47 Å². The van der Waals surface area contributed by atoms with Crippen LogP contribution >= 0.6 is 0 Å². The summed E-state index contributed by atoms with van der Waals surface area (Å²) in [4.78, 5) is 23.3. The van der Waals surface area contributed by atoms with E-state index in [1.54, 1.807) is 36.4 Å². The van der Waals surface area contributed by atoms with Crippen LogP contribution in [0.25, 0.3) is 0 Å². The minimum Gasteiger partial charge on any atom is -1.00 e. The molecule has 0 saturated carbocycles. The van der Waals surface area contributed by atoms with Gasteiger partial charge in [0.1, 0.15) is 24.7 Å². The number of benzene rings is 2.